The van der Waals surface area contributed by atoms with Crippen molar-refractivity contribution in [2.24, 2.45) is 0 Å². The number of rotatable bonds is 3. The summed E-state index contributed by atoms with van der Waals surface area (Å²) in [6.45, 7) is 0. The molecule has 4 aromatic heterocycles. The van der Waals surface area contributed by atoms with Gasteiger partial charge in [0.15, 0.2) is 0 Å². The zero-order chi connectivity index (χ0) is 35.5. The first kappa shape index (κ1) is 30.1. The molecule has 54 heavy (non-hydrogen) atoms. The van der Waals surface area contributed by atoms with Crippen molar-refractivity contribution in [1.29, 1.82) is 5.26 Å². The molecular weight excluding hydrogens is 695 g/mol. The van der Waals surface area contributed by atoms with Gasteiger partial charge in [-0.15, -0.1) is 22.7 Å². The fraction of sp³-hybridized carbons (Fsp3) is 0.0408. The van der Waals surface area contributed by atoms with Crippen molar-refractivity contribution >= 4 is 108 Å². The summed E-state index contributed by atoms with van der Waals surface area (Å²) in [5.41, 5.74) is 11.7. The third kappa shape index (κ3) is 4.27. The van der Waals surface area contributed by atoms with E-state index in [0.717, 1.165) is 34.9 Å². The molecule has 0 bridgehead atoms. The number of aromatic nitrogens is 2. The molecular formula is C49H29N3S2. The van der Waals surface area contributed by atoms with E-state index in [1.165, 1.54) is 84.7 Å². The summed E-state index contributed by atoms with van der Waals surface area (Å²) in [6.07, 6.45) is 4.55. The molecule has 11 aromatic rings. The zero-order valence-corrected chi connectivity index (χ0v) is 30.6. The van der Waals surface area contributed by atoms with E-state index in [-0.39, 0.29) is 0 Å². The van der Waals surface area contributed by atoms with Gasteiger partial charge in [-0.05, 0) is 114 Å². The van der Waals surface area contributed by atoms with Crippen LogP contribution in [0.3, 0.4) is 0 Å². The predicted octanol–water partition coefficient (Wildman–Crippen LogP) is 13.8. The quantitative estimate of drug-likeness (QED) is 0.179. The van der Waals surface area contributed by atoms with Gasteiger partial charge < -0.3 is 9.13 Å². The Labute approximate surface area is 318 Å². The van der Waals surface area contributed by atoms with Crippen molar-refractivity contribution in [3.63, 3.8) is 0 Å². The Morgan fingerprint density at radius 1 is 0.463 bits per heavy atom. The number of thiophene rings is 2. The highest BCUT2D eigenvalue weighted by Gasteiger charge is 2.20. The van der Waals surface area contributed by atoms with E-state index in [1.54, 1.807) is 0 Å². The van der Waals surface area contributed by atoms with Crippen molar-refractivity contribution in [1.82, 2.24) is 9.13 Å². The summed E-state index contributed by atoms with van der Waals surface area (Å²) in [7, 11) is 0. The Morgan fingerprint density at radius 3 is 1.69 bits per heavy atom. The van der Waals surface area contributed by atoms with Crippen LogP contribution in [0.4, 0.5) is 0 Å². The number of nitrogens with zero attached hydrogens (tertiary/aromatic N) is 3. The number of hydrogen-bond donors (Lipinski definition) is 0. The summed E-state index contributed by atoms with van der Waals surface area (Å²) >= 11 is 3.80. The zero-order valence-electron chi connectivity index (χ0n) is 29.0. The van der Waals surface area contributed by atoms with E-state index in [4.69, 9.17) is 0 Å². The number of allylic oxidation sites excluding steroid dienone is 1. The minimum atomic E-state index is 0.670. The first-order valence-electron chi connectivity index (χ1n) is 18.4. The molecule has 7 aromatic carbocycles. The Kier molecular flexibility index (Phi) is 6.28. The molecule has 12 rings (SSSR count). The van der Waals surface area contributed by atoms with Crippen LogP contribution in [-0.4, -0.2) is 9.13 Å². The van der Waals surface area contributed by atoms with Gasteiger partial charge in [0.1, 0.15) is 0 Å². The third-order valence-corrected chi connectivity index (χ3v) is 13.8. The van der Waals surface area contributed by atoms with E-state index in [2.05, 4.69) is 155 Å². The fourth-order valence-corrected chi connectivity index (χ4v) is 11.2. The van der Waals surface area contributed by atoms with Gasteiger partial charge in [0, 0.05) is 68.1 Å². The van der Waals surface area contributed by atoms with Crippen molar-refractivity contribution in [2.75, 3.05) is 0 Å². The Hall–Kier alpha value is -6.45. The average molecular weight is 724 g/mol. The van der Waals surface area contributed by atoms with Crippen LogP contribution in [0.2, 0.25) is 0 Å². The Morgan fingerprint density at radius 2 is 1.02 bits per heavy atom. The van der Waals surface area contributed by atoms with Gasteiger partial charge in [0.2, 0.25) is 0 Å². The number of aryl methyl sites for hydroxylation is 1. The van der Waals surface area contributed by atoms with E-state index < -0.39 is 0 Å². The normalized spacial score (nSPS) is 13.1. The van der Waals surface area contributed by atoms with Crippen LogP contribution in [0.5, 0.6) is 0 Å². The lowest BCUT2D eigenvalue weighted by Crippen LogP contribution is -1.96. The topological polar surface area (TPSA) is 33.6 Å². The molecule has 3 nitrogen and oxygen atoms in total. The van der Waals surface area contributed by atoms with Crippen LogP contribution in [-0.2, 0) is 6.42 Å². The minimum absolute atomic E-state index is 0.670. The minimum Gasteiger partial charge on any atom is -0.309 e. The summed E-state index contributed by atoms with van der Waals surface area (Å²) in [5.74, 6) is 0. The lowest BCUT2D eigenvalue weighted by molar-refractivity contribution is 1.03. The maximum absolute atomic E-state index is 9.75. The number of para-hydroxylation sites is 3. The lowest BCUT2D eigenvalue weighted by Gasteiger charge is -2.15. The number of benzene rings is 7. The van der Waals surface area contributed by atoms with Crippen molar-refractivity contribution in [3.8, 4) is 17.4 Å². The standard InChI is InChI=1S/C49H29N3S2/c50-28-29-13-18-37-36-9-3-6-12-44(36)52(45(37)23-29)33-17-22-49-41(27-33)39-25-31(15-20-47(39)54-49)30-14-19-46-38(24-30)40-26-32(16-21-48(40)53-46)51-42-10-4-1-7-34(42)35-8-2-5-11-43(35)51/h1-13,15-18,20-27H,14,19H2. The maximum atomic E-state index is 9.75. The largest absolute Gasteiger partial charge is 0.309 e. The smallest absolute Gasteiger partial charge is 0.0992 e. The fourth-order valence-electron chi connectivity index (χ4n) is 8.98. The molecule has 0 atom stereocenters. The highest BCUT2D eigenvalue weighted by Crippen LogP contribution is 2.44. The average Bonchev–Trinajstić information content (AvgIpc) is 3.97. The molecule has 5 heteroatoms. The van der Waals surface area contributed by atoms with E-state index >= 15 is 0 Å². The van der Waals surface area contributed by atoms with Gasteiger partial charge in [0.05, 0.1) is 33.7 Å². The molecule has 1 aliphatic rings. The highest BCUT2D eigenvalue weighted by molar-refractivity contribution is 7.25. The third-order valence-electron chi connectivity index (χ3n) is 11.4. The molecule has 0 aliphatic heterocycles. The van der Waals surface area contributed by atoms with Crippen molar-refractivity contribution in [3.05, 3.63) is 167 Å². The second-order valence-electron chi connectivity index (χ2n) is 14.3. The van der Waals surface area contributed by atoms with Gasteiger partial charge >= 0.3 is 0 Å². The molecule has 0 unspecified atom stereocenters. The monoisotopic (exact) mass is 723 g/mol. The number of nitriles is 1. The highest BCUT2D eigenvalue weighted by atomic mass is 32.1. The van der Waals surface area contributed by atoms with Crippen LogP contribution in [0.1, 0.15) is 28.0 Å². The molecule has 0 amide bonds. The summed E-state index contributed by atoms with van der Waals surface area (Å²) in [4.78, 5) is 1.48. The van der Waals surface area contributed by atoms with E-state index in [0.29, 0.717) is 5.56 Å². The summed E-state index contributed by atoms with van der Waals surface area (Å²) in [6, 6.07) is 55.3. The van der Waals surface area contributed by atoms with Crippen LogP contribution in [0.25, 0.3) is 96.9 Å². The molecule has 0 N–H and O–H groups in total. The van der Waals surface area contributed by atoms with Gasteiger partial charge in [-0.1, -0.05) is 66.7 Å². The van der Waals surface area contributed by atoms with Crippen LogP contribution in [0, 0.1) is 11.3 Å². The predicted molar refractivity (Wildman–Crippen MR) is 231 cm³/mol. The molecule has 0 spiro atoms. The number of hydrogen-bond acceptors (Lipinski definition) is 3. The maximum Gasteiger partial charge on any atom is 0.0992 e. The van der Waals surface area contributed by atoms with Crippen LogP contribution in [0.15, 0.2) is 146 Å². The van der Waals surface area contributed by atoms with Gasteiger partial charge in [-0.3, -0.25) is 0 Å². The van der Waals surface area contributed by atoms with Crippen LogP contribution >= 0.6 is 22.7 Å². The lowest BCUT2D eigenvalue weighted by atomic mass is 9.91. The molecule has 0 saturated heterocycles. The van der Waals surface area contributed by atoms with Crippen LogP contribution < -0.4 is 0 Å². The van der Waals surface area contributed by atoms with E-state index in [1.807, 2.05) is 34.8 Å². The molecule has 0 saturated carbocycles. The van der Waals surface area contributed by atoms with Gasteiger partial charge in [-0.2, -0.15) is 5.26 Å². The van der Waals surface area contributed by atoms with Crippen molar-refractivity contribution in [2.45, 2.75) is 12.8 Å². The molecule has 0 fully saturated rings. The Bertz CT molecular complexity index is 3410. The van der Waals surface area contributed by atoms with Gasteiger partial charge in [0.25, 0.3) is 0 Å². The summed E-state index contributed by atoms with van der Waals surface area (Å²) < 4.78 is 8.67. The first-order valence-corrected chi connectivity index (χ1v) is 20.0. The molecule has 0 radical (unpaired) electrons. The Balaban J connectivity index is 0.995. The van der Waals surface area contributed by atoms with E-state index in [9.17, 15) is 5.26 Å². The molecule has 252 valence electrons. The van der Waals surface area contributed by atoms with Gasteiger partial charge in [-0.25, -0.2) is 0 Å². The second-order valence-corrected chi connectivity index (χ2v) is 16.6. The summed E-state index contributed by atoms with van der Waals surface area (Å²) in [5, 5.41) is 18.6. The SMILES string of the molecule is N#Cc1ccc2c3ccccc3n(-c3ccc4sc5ccc(C6=Cc7c(sc8ccc(-n9c%10ccccc%10c%10ccccc%109)cc78)CC6)cc5c4c3)c2c1. The first-order chi connectivity index (χ1) is 26.7. The number of fused-ring (bicyclic) bond motifs is 12. The molecule has 4 heterocycles. The molecule has 1 aliphatic carbocycles. The second kappa shape index (κ2) is 11.3. The van der Waals surface area contributed by atoms with Crippen molar-refractivity contribution < 1.29 is 0 Å².